The van der Waals surface area contributed by atoms with Gasteiger partial charge in [-0.2, -0.15) is 13.2 Å². The molecule has 0 aliphatic heterocycles. The van der Waals surface area contributed by atoms with Crippen molar-refractivity contribution in [3.63, 3.8) is 0 Å². The van der Waals surface area contributed by atoms with Crippen molar-refractivity contribution < 1.29 is 27.6 Å². The Balaban J connectivity index is 2.76. The molecule has 2 aromatic rings. The van der Waals surface area contributed by atoms with Crippen LogP contribution in [0.2, 0.25) is 0 Å². The quantitative estimate of drug-likeness (QED) is 0.484. The van der Waals surface area contributed by atoms with Crippen molar-refractivity contribution in [2.75, 3.05) is 7.11 Å². The van der Waals surface area contributed by atoms with Crippen molar-refractivity contribution in [3.8, 4) is 11.1 Å². The average Bonchev–Trinajstić information content (AvgIpc) is 2.52. The van der Waals surface area contributed by atoms with E-state index in [1.165, 1.54) is 18.2 Å². The second-order valence-corrected chi connectivity index (χ2v) is 4.53. The molecule has 0 fully saturated rings. The zero-order valence-corrected chi connectivity index (χ0v) is 11.8. The third kappa shape index (κ3) is 3.31. The molecule has 0 aliphatic carbocycles. The lowest BCUT2D eigenvalue weighted by atomic mass is 9.96. The number of methoxy groups -OCH3 is 1. The number of nitro groups is 1. The molecule has 0 radical (unpaired) electrons. The number of benzene rings is 2. The number of rotatable bonds is 3. The molecule has 0 amide bonds. The van der Waals surface area contributed by atoms with Gasteiger partial charge in [-0.05, 0) is 23.8 Å². The van der Waals surface area contributed by atoms with Crippen LogP contribution in [-0.2, 0) is 10.9 Å². The Morgan fingerprint density at radius 2 is 1.83 bits per heavy atom. The minimum absolute atomic E-state index is 0.0903. The summed E-state index contributed by atoms with van der Waals surface area (Å²) in [5.74, 6) is -0.874. The van der Waals surface area contributed by atoms with Crippen LogP contribution in [-0.4, -0.2) is 18.0 Å². The van der Waals surface area contributed by atoms with E-state index >= 15 is 0 Å². The first-order valence-corrected chi connectivity index (χ1v) is 6.29. The van der Waals surface area contributed by atoms with Crippen LogP contribution in [0.15, 0.2) is 42.5 Å². The van der Waals surface area contributed by atoms with Gasteiger partial charge >= 0.3 is 12.1 Å². The number of halogens is 3. The third-order valence-corrected chi connectivity index (χ3v) is 3.12. The first kappa shape index (κ1) is 16.5. The van der Waals surface area contributed by atoms with Crippen molar-refractivity contribution in [1.29, 1.82) is 0 Å². The van der Waals surface area contributed by atoms with E-state index in [1.54, 1.807) is 0 Å². The van der Waals surface area contributed by atoms with E-state index in [1.807, 2.05) is 0 Å². The number of hydrogen-bond acceptors (Lipinski definition) is 4. The monoisotopic (exact) mass is 325 g/mol. The molecule has 0 saturated carbocycles. The van der Waals surface area contributed by atoms with Crippen LogP contribution in [0.4, 0.5) is 18.9 Å². The van der Waals surface area contributed by atoms with Crippen LogP contribution in [0.3, 0.4) is 0 Å². The zero-order valence-electron chi connectivity index (χ0n) is 11.8. The van der Waals surface area contributed by atoms with E-state index in [0.29, 0.717) is 0 Å². The average molecular weight is 325 g/mol. The third-order valence-electron chi connectivity index (χ3n) is 3.12. The fraction of sp³-hybridized carbons (Fsp3) is 0.133. The summed E-state index contributed by atoms with van der Waals surface area (Å²) >= 11 is 0. The van der Waals surface area contributed by atoms with Gasteiger partial charge in [-0.15, -0.1) is 0 Å². The van der Waals surface area contributed by atoms with Crippen LogP contribution in [0.5, 0.6) is 0 Å². The topological polar surface area (TPSA) is 69.4 Å². The lowest BCUT2D eigenvalue weighted by molar-refractivity contribution is -0.384. The summed E-state index contributed by atoms with van der Waals surface area (Å²) in [5, 5.41) is 11.2. The second-order valence-electron chi connectivity index (χ2n) is 4.53. The highest BCUT2D eigenvalue weighted by Gasteiger charge is 2.32. The summed E-state index contributed by atoms with van der Waals surface area (Å²) in [6, 6.07) is 7.63. The Morgan fingerprint density at radius 3 is 2.39 bits per heavy atom. The van der Waals surface area contributed by atoms with Crippen LogP contribution >= 0.6 is 0 Å². The van der Waals surface area contributed by atoms with Gasteiger partial charge in [-0.25, -0.2) is 4.79 Å². The maximum atomic E-state index is 12.8. The van der Waals surface area contributed by atoms with Gasteiger partial charge in [0.25, 0.3) is 5.69 Å². The molecule has 120 valence electrons. The van der Waals surface area contributed by atoms with E-state index < -0.39 is 28.3 Å². The Bertz CT molecular complexity index is 772. The van der Waals surface area contributed by atoms with E-state index in [0.717, 1.165) is 31.4 Å². The minimum Gasteiger partial charge on any atom is -0.465 e. The summed E-state index contributed by atoms with van der Waals surface area (Å²) < 4.78 is 43.1. The van der Waals surface area contributed by atoms with Gasteiger partial charge in [-0.3, -0.25) is 10.1 Å². The largest absolute Gasteiger partial charge is 0.465 e. The number of hydrogen-bond donors (Lipinski definition) is 0. The van der Waals surface area contributed by atoms with E-state index in [4.69, 9.17) is 0 Å². The molecule has 0 aliphatic rings. The van der Waals surface area contributed by atoms with Crippen LogP contribution in [0.25, 0.3) is 11.1 Å². The molecule has 0 heterocycles. The number of carbonyl (C=O) groups excluding carboxylic acids is 1. The number of nitro benzene ring substituents is 1. The summed E-state index contributed by atoms with van der Waals surface area (Å²) in [4.78, 5) is 22.2. The van der Waals surface area contributed by atoms with Gasteiger partial charge in [0.15, 0.2) is 0 Å². The molecule has 5 nitrogen and oxygen atoms in total. The van der Waals surface area contributed by atoms with Crippen LogP contribution in [0, 0.1) is 10.1 Å². The maximum absolute atomic E-state index is 12.8. The smallest absolute Gasteiger partial charge is 0.416 e. The molecule has 0 bridgehead atoms. The Labute approximate surface area is 128 Å². The van der Waals surface area contributed by atoms with Crippen molar-refractivity contribution in [2.45, 2.75) is 6.18 Å². The van der Waals surface area contributed by atoms with Crippen LogP contribution < -0.4 is 0 Å². The van der Waals surface area contributed by atoms with Gasteiger partial charge in [0.1, 0.15) is 0 Å². The molecule has 0 saturated heterocycles. The van der Waals surface area contributed by atoms with Crippen molar-refractivity contribution in [3.05, 3.63) is 63.7 Å². The summed E-state index contributed by atoms with van der Waals surface area (Å²) in [5.41, 5.74) is -1.93. The molecule has 0 unspecified atom stereocenters. The summed E-state index contributed by atoms with van der Waals surface area (Å²) in [7, 11) is 1.08. The first-order valence-electron chi connectivity index (χ1n) is 6.29. The molecule has 0 atom stereocenters. The predicted octanol–water partition coefficient (Wildman–Crippen LogP) is 4.07. The van der Waals surface area contributed by atoms with Crippen molar-refractivity contribution in [2.24, 2.45) is 0 Å². The molecule has 8 heteroatoms. The van der Waals surface area contributed by atoms with Crippen molar-refractivity contribution >= 4 is 11.7 Å². The second kappa shape index (κ2) is 6.07. The fourth-order valence-corrected chi connectivity index (χ4v) is 2.13. The molecular weight excluding hydrogens is 315 g/mol. The van der Waals surface area contributed by atoms with E-state index in [9.17, 15) is 28.1 Å². The van der Waals surface area contributed by atoms with Gasteiger partial charge in [0.2, 0.25) is 0 Å². The van der Waals surface area contributed by atoms with Crippen LogP contribution in [0.1, 0.15) is 15.9 Å². The number of alkyl halides is 3. The highest BCUT2D eigenvalue weighted by atomic mass is 19.4. The molecule has 2 aromatic carbocycles. The number of carbonyl (C=O) groups is 1. The lowest BCUT2D eigenvalue weighted by Gasteiger charge is -2.11. The number of ether oxygens (including phenoxy) is 1. The summed E-state index contributed by atoms with van der Waals surface area (Å²) in [6.45, 7) is 0. The van der Waals surface area contributed by atoms with Gasteiger partial charge in [-0.1, -0.05) is 18.2 Å². The van der Waals surface area contributed by atoms with Gasteiger partial charge in [0.05, 0.1) is 28.7 Å². The van der Waals surface area contributed by atoms with E-state index in [-0.39, 0.29) is 16.7 Å². The molecule has 0 aromatic heterocycles. The van der Waals surface area contributed by atoms with Gasteiger partial charge < -0.3 is 4.74 Å². The standard InChI is InChI=1S/C15H10F3NO4/c1-23-14(20)11-6-3-7-12(19(21)22)13(11)9-4-2-5-10(8-9)15(16,17)18/h2-8H,1H3. The fourth-order valence-electron chi connectivity index (χ4n) is 2.13. The Hall–Kier alpha value is -2.90. The highest BCUT2D eigenvalue weighted by Crippen LogP contribution is 2.37. The molecule has 23 heavy (non-hydrogen) atoms. The maximum Gasteiger partial charge on any atom is 0.416 e. The molecular formula is C15H10F3NO4. The minimum atomic E-state index is -4.61. The molecule has 0 spiro atoms. The Kier molecular flexibility index (Phi) is 4.35. The first-order chi connectivity index (χ1) is 10.8. The number of esters is 1. The molecule has 0 N–H and O–H groups in total. The highest BCUT2D eigenvalue weighted by molar-refractivity contribution is 6.00. The normalized spacial score (nSPS) is 11.1. The van der Waals surface area contributed by atoms with Crippen molar-refractivity contribution in [1.82, 2.24) is 0 Å². The molecule has 2 rings (SSSR count). The lowest BCUT2D eigenvalue weighted by Crippen LogP contribution is -2.07. The Morgan fingerprint density at radius 1 is 1.17 bits per heavy atom. The van der Waals surface area contributed by atoms with E-state index in [2.05, 4.69) is 4.74 Å². The number of nitrogens with zero attached hydrogens (tertiary/aromatic N) is 1. The van der Waals surface area contributed by atoms with Gasteiger partial charge in [0, 0.05) is 6.07 Å². The zero-order chi connectivity index (χ0) is 17.2. The predicted molar refractivity (Wildman–Crippen MR) is 74.9 cm³/mol. The summed E-state index contributed by atoms with van der Waals surface area (Å²) in [6.07, 6.45) is -4.61. The SMILES string of the molecule is COC(=O)c1cccc([N+](=O)[O-])c1-c1cccc(C(F)(F)F)c1.